The molecule has 0 saturated carbocycles. The fourth-order valence-electron chi connectivity index (χ4n) is 3.26. The van der Waals surface area contributed by atoms with Crippen LogP contribution in [-0.2, 0) is 21.3 Å². The monoisotopic (exact) mass is 404 g/mol. The molecule has 2 aromatic rings. The molecule has 0 aliphatic carbocycles. The van der Waals surface area contributed by atoms with Crippen molar-refractivity contribution in [2.75, 3.05) is 25.4 Å². The van der Waals surface area contributed by atoms with Crippen molar-refractivity contribution in [1.82, 2.24) is 9.62 Å². The molecule has 1 N–H and O–H groups in total. The van der Waals surface area contributed by atoms with Crippen LogP contribution in [0.3, 0.4) is 0 Å². The molecule has 7 heteroatoms. The maximum atomic E-state index is 12.6. The molecule has 1 heterocycles. The van der Waals surface area contributed by atoms with Crippen LogP contribution in [0.5, 0.6) is 11.5 Å². The molecular formula is C21H28N2O4S. The van der Waals surface area contributed by atoms with E-state index in [9.17, 15) is 8.42 Å². The highest BCUT2D eigenvalue weighted by Crippen LogP contribution is 2.21. The Kier molecular flexibility index (Phi) is 7.07. The summed E-state index contributed by atoms with van der Waals surface area (Å²) >= 11 is 0. The molecule has 0 aromatic heterocycles. The van der Waals surface area contributed by atoms with Crippen molar-refractivity contribution in [1.29, 1.82) is 0 Å². The third kappa shape index (κ3) is 6.04. The lowest BCUT2D eigenvalue weighted by Crippen LogP contribution is -2.49. The average molecular weight is 405 g/mol. The summed E-state index contributed by atoms with van der Waals surface area (Å²) in [6, 6.07) is 17.4. The number of sulfonamides is 1. The Hall–Kier alpha value is -1.93. The highest BCUT2D eigenvalue weighted by molar-refractivity contribution is 7.89. The van der Waals surface area contributed by atoms with Gasteiger partial charge in [0.05, 0.1) is 18.0 Å². The van der Waals surface area contributed by atoms with Crippen molar-refractivity contribution in [3.05, 3.63) is 60.2 Å². The first-order chi connectivity index (χ1) is 13.4. The van der Waals surface area contributed by atoms with E-state index >= 15 is 0 Å². The van der Waals surface area contributed by atoms with Crippen LogP contribution in [0.2, 0.25) is 0 Å². The van der Waals surface area contributed by atoms with E-state index in [2.05, 4.69) is 5.32 Å². The summed E-state index contributed by atoms with van der Waals surface area (Å²) in [6.07, 6.45) is -0.141. The number of hydrogen-bond donors (Lipinski definition) is 1. The largest absolute Gasteiger partial charge is 0.457 e. The minimum atomic E-state index is -3.29. The Labute approximate surface area is 167 Å². The number of hydrogen-bond acceptors (Lipinski definition) is 5. The second-order valence-corrected chi connectivity index (χ2v) is 9.22. The van der Waals surface area contributed by atoms with Gasteiger partial charge in [-0.25, -0.2) is 8.42 Å². The Morgan fingerprint density at radius 1 is 1.04 bits per heavy atom. The van der Waals surface area contributed by atoms with E-state index < -0.39 is 10.0 Å². The predicted octanol–water partition coefficient (Wildman–Crippen LogP) is 3.01. The molecule has 1 fully saturated rings. The Balaban J connectivity index is 1.48. The minimum Gasteiger partial charge on any atom is -0.457 e. The van der Waals surface area contributed by atoms with Crippen LogP contribution in [0.15, 0.2) is 54.6 Å². The third-order valence-corrected chi connectivity index (χ3v) is 6.33. The summed E-state index contributed by atoms with van der Waals surface area (Å²) < 4.78 is 38.1. The van der Waals surface area contributed by atoms with Gasteiger partial charge >= 0.3 is 0 Å². The minimum absolute atomic E-state index is 0.0705. The second-order valence-electron chi connectivity index (χ2n) is 7.13. The second kappa shape index (κ2) is 9.52. The number of morpholine rings is 1. The van der Waals surface area contributed by atoms with Gasteiger partial charge in [0.1, 0.15) is 11.5 Å². The Morgan fingerprint density at radius 3 is 2.43 bits per heavy atom. The zero-order chi connectivity index (χ0) is 20.0. The van der Waals surface area contributed by atoms with Gasteiger partial charge in [0.25, 0.3) is 0 Å². The molecule has 28 heavy (non-hydrogen) atoms. The standard InChI is InChI=1S/C21H28N2O4S/c1-17-15-23(16-18(2)26-17)28(24,25)12-11-22-14-19-7-6-10-21(13-19)27-20-8-4-3-5-9-20/h3-10,13,17-18,22H,11-12,14-16H2,1-2H3. The highest BCUT2D eigenvalue weighted by atomic mass is 32.2. The van der Waals surface area contributed by atoms with Crippen LogP contribution in [0, 0.1) is 0 Å². The SMILES string of the molecule is CC1CN(S(=O)(=O)CCNCc2cccc(Oc3ccccc3)c2)CC(C)O1. The van der Waals surface area contributed by atoms with Gasteiger partial charge in [-0.15, -0.1) is 0 Å². The van der Waals surface area contributed by atoms with E-state index in [1.54, 1.807) is 4.31 Å². The summed E-state index contributed by atoms with van der Waals surface area (Å²) in [5.74, 6) is 1.62. The fraction of sp³-hybridized carbons (Fsp3) is 0.429. The summed E-state index contributed by atoms with van der Waals surface area (Å²) in [5, 5.41) is 3.22. The van der Waals surface area contributed by atoms with Gasteiger partial charge in [-0.1, -0.05) is 30.3 Å². The summed E-state index contributed by atoms with van der Waals surface area (Å²) in [5.41, 5.74) is 1.04. The van der Waals surface area contributed by atoms with Crippen LogP contribution in [0.25, 0.3) is 0 Å². The first-order valence-corrected chi connectivity index (χ1v) is 11.2. The first kappa shape index (κ1) is 20.8. The van der Waals surface area contributed by atoms with Gasteiger partial charge in [-0.2, -0.15) is 4.31 Å². The van der Waals surface area contributed by atoms with E-state index in [-0.39, 0.29) is 18.0 Å². The van der Waals surface area contributed by atoms with Crippen molar-refractivity contribution < 1.29 is 17.9 Å². The van der Waals surface area contributed by atoms with Gasteiger partial charge < -0.3 is 14.8 Å². The maximum Gasteiger partial charge on any atom is 0.215 e. The Morgan fingerprint density at radius 2 is 1.71 bits per heavy atom. The lowest BCUT2D eigenvalue weighted by atomic mass is 10.2. The van der Waals surface area contributed by atoms with Crippen molar-refractivity contribution in [3.8, 4) is 11.5 Å². The van der Waals surface area contributed by atoms with Crippen LogP contribution in [0.1, 0.15) is 19.4 Å². The van der Waals surface area contributed by atoms with Crippen molar-refractivity contribution in [3.63, 3.8) is 0 Å². The van der Waals surface area contributed by atoms with Crippen LogP contribution < -0.4 is 10.1 Å². The lowest BCUT2D eigenvalue weighted by Gasteiger charge is -2.34. The van der Waals surface area contributed by atoms with Gasteiger partial charge in [0.15, 0.2) is 0 Å². The molecule has 0 amide bonds. The summed E-state index contributed by atoms with van der Waals surface area (Å²) in [7, 11) is -3.29. The first-order valence-electron chi connectivity index (χ1n) is 9.58. The van der Waals surface area contributed by atoms with E-state index in [0.29, 0.717) is 26.2 Å². The van der Waals surface area contributed by atoms with Gasteiger partial charge in [-0.3, -0.25) is 0 Å². The zero-order valence-corrected chi connectivity index (χ0v) is 17.2. The molecule has 152 valence electrons. The molecule has 2 aromatic carbocycles. The molecule has 1 saturated heterocycles. The fourth-order valence-corrected chi connectivity index (χ4v) is 4.80. The molecule has 2 atom stereocenters. The third-order valence-electron chi connectivity index (χ3n) is 4.52. The van der Waals surface area contributed by atoms with Crippen molar-refractivity contribution >= 4 is 10.0 Å². The summed E-state index contributed by atoms with van der Waals surface area (Å²) in [6.45, 7) is 5.63. The summed E-state index contributed by atoms with van der Waals surface area (Å²) in [4.78, 5) is 0. The van der Waals surface area contributed by atoms with E-state index in [1.165, 1.54) is 0 Å². The van der Waals surface area contributed by atoms with Crippen LogP contribution in [-0.4, -0.2) is 50.3 Å². The van der Waals surface area contributed by atoms with Crippen LogP contribution >= 0.6 is 0 Å². The van der Waals surface area contributed by atoms with Gasteiger partial charge in [-0.05, 0) is 43.7 Å². The molecule has 0 radical (unpaired) electrons. The van der Waals surface area contributed by atoms with Crippen molar-refractivity contribution in [2.24, 2.45) is 0 Å². The quantitative estimate of drug-likeness (QED) is 0.685. The van der Waals surface area contributed by atoms with Gasteiger partial charge in [0, 0.05) is 26.2 Å². The van der Waals surface area contributed by atoms with Crippen LogP contribution in [0.4, 0.5) is 0 Å². The van der Waals surface area contributed by atoms with E-state index in [1.807, 2.05) is 68.4 Å². The molecule has 3 rings (SSSR count). The molecule has 0 bridgehead atoms. The molecule has 2 unspecified atom stereocenters. The van der Waals surface area contributed by atoms with E-state index in [0.717, 1.165) is 17.1 Å². The number of nitrogens with zero attached hydrogens (tertiary/aromatic N) is 1. The van der Waals surface area contributed by atoms with E-state index in [4.69, 9.17) is 9.47 Å². The van der Waals surface area contributed by atoms with Crippen molar-refractivity contribution in [2.45, 2.75) is 32.6 Å². The lowest BCUT2D eigenvalue weighted by molar-refractivity contribution is -0.0440. The molecule has 1 aliphatic rings. The normalized spacial score (nSPS) is 20.8. The number of nitrogens with one attached hydrogen (secondary N) is 1. The molecule has 6 nitrogen and oxygen atoms in total. The molecule has 0 spiro atoms. The number of para-hydroxylation sites is 1. The topological polar surface area (TPSA) is 67.9 Å². The maximum absolute atomic E-state index is 12.6. The van der Waals surface area contributed by atoms with Gasteiger partial charge in [0.2, 0.25) is 10.0 Å². The predicted molar refractivity (Wildman–Crippen MR) is 110 cm³/mol. The average Bonchev–Trinajstić information content (AvgIpc) is 2.66. The Bertz CT molecular complexity index is 848. The molecule has 1 aliphatic heterocycles. The molecular weight excluding hydrogens is 376 g/mol. The smallest absolute Gasteiger partial charge is 0.215 e. The zero-order valence-electron chi connectivity index (χ0n) is 16.4. The number of rotatable bonds is 8. The number of ether oxygens (including phenoxy) is 2. The highest BCUT2D eigenvalue weighted by Gasteiger charge is 2.30. The number of benzene rings is 2.